The van der Waals surface area contributed by atoms with Gasteiger partial charge in [0, 0.05) is 24.8 Å². The summed E-state index contributed by atoms with van der Waals surface area (Å²) in [6, 6.07) is 16.2. The van der Waals surface area contributed by atoms with Gasteiger partial charge in [-0.2, -0.15) is 0 Å². The Morgan fingerprint density at radius 1 is 1.10 bits per heavy atom. The van der Waals surface area contributed by atoms with Gasteiger partial charge in [0.2, 0.25) is 0 Å². The van der Waals surface area contributed by atoms with Crippen LogP contribution in [0.2, 0.25) is 0 Å². The second-order valence-corrected chi connectivity index (χ2v) is 5.12. The van der Waals surface area contributed by atoms with Gasteiger partial charge in [-0.1, -0.05) is 36.4 Å². The molecule has 1 amide bonds. The van der Waals surface area contributed by atoms with E-state index in [-0.39, 0.29) is 5.91 Å². The van der Waals surface area contributed by atoms with Gasteiger partial charge in [0.15, 0.2) is 0 Å². The molecule has 0 saturated heterocycles. The summed E-state index contributed by atoms with van der Waals surface area (Å²) in [5.74, 6) is -0.0534. The molecule has 2 aromatic carbocycles. The number of amides is 1. The zero-order valence-electron chi connectivity index (χ0n) is 12.6. The highest BCUT2D eigenvalue weighted by molar-refractivity contribution is 5.95. The third-order valence-electron chi connectivity index (χ3n) is 3.53. The normalized spacial score (nSPS) is 10.2. The van der Waals surface area contributed by atoms with Crippen molar-refractivity contribution in [2.24, 2.45) is 0 Å². The molecule has 0 saturated carbocycles. The van der Waals surface area contributed by atoms with Crippen molar-refractivity contribution in [3.8, 4) is 0 Å². The average molecular weight is 282 g/mol. The number of carbonyl (C=O) groups is 1. The largest absolute Gasteiger partial charge is 0.385 e. The van der Waals surface area contributed by atoms with Gasteiger partial charge in [-0.05, 0) is 43.0 Å². The summed E-state index contributed by atoms with van der Waals surface area (Å²) in [6.45, 7) is 2.94. The molecule has 0 heterocycles. The van der Waals surface area contributed by atoms with Crippen LogP contribution in [0.3, 0.4) is 0 Å². The lowest BCUT2D eigenvalue weighted by molar-refractivity contribution is 0.0963. The molecular weight excluding hydrogens is 260 g/mol. The zero-order chi connectivity index (χ0) is 15.1. The Bertz CT molecular complexity index is 593. The number of hydrogen-bond acceptors (Lipinski definition) is 2. The lowest BCUT2D eigenvalue weighted by Gasteiger charge is -2.11. The van der Waals surface area contributed by atoms with Crippen LogP contribution >= 0.6 is 0 Å². The Morgan fingerprint density at radius 2 is 1.86 bits per heavy atom. The van der Waals surface area contributed by atoms with Gasteiger partial charge in [-0.25, -0.2) is 0 Å². The Morgan fingerprint density at radius 3 is 2.57 bits per heavy atom. The molecule has 3 heteroatoms. The summed E-state index contributed by atoms with van der Waals surface area (Å²) in [6.07, 6.45) is 2.12. The van der Waals surface area contributed by atoms with E-state index < -0.39 is 0 Å². The van der Waals surface area contributed by atoms with Crippen LogP contribution in [0.25, 0.3) is 0 Å². The van der Waals surface area contributed by atoms with Gasteiger partial charge in [0.05, 0.1) is 0 Å². The van der Waals surface area contributed by atoms with E-state index in [2.05, 4.69) is 34.9 Å². The van der Waals surface area contributed by atoms with E-state index in [1.54, 1.807) is 7.05 Å². The van der Waals surface area contributed by atoms with Gasteiger partial charge >= 0.3 is 0 Å². The van der Waals surface area contributed by atoms with Gasteiger partial charge in [0.1, 0.15) is 0 Å². The van der Waals surface area contributed by atoms with E-state index in [4.69, 9.17) is 0 Å². The number of nitrogens with one attached hydrogen (secondary N) is 2. The van der Waals surface area contributed by atoms with Crippen LogP contribution < -0.4 is 10.6 Å². The van der Waals surface area contributed by atoms with Gasteiger partial charge in [0.25, 0.3) is 5.91 Å². The first-order chi connectivity index (χ1) is 10.2. The average Bonchev–Trinajstić information content (AvgIpc) is 2.53. The first kappa shape index (κ1) is 15.1. The number of carbonyl (C=O) groups excluding carboxylic acids is 1. The van der Waals surface area contributed by atoms with Crippen molar-refractivity contribution in [3.63, 3.8) is 0 Å². The number of aryl methyl sites for hydroxylation is 2. The van der Waals surface area contributed by atoms with Gasteiger partial charge < -0.3 is 10.6 Å². The molecule has 110 valence electrons. The molecule has 0 radical (unpaired) electrons. The second kappa shape index (κ2) is 7.48. The highest BCUT2D eigenvalue weighted by Gasteiger charge is 2.05. The number of benzene rings is 2. The number of anilines is 1. The topological polar surface area (TPSA) is 41.1 Å². The second-order valence-electron chi connectivity index (χ2n) is 5.12. The predicted molar refractivity (Wildman–Crippen MR) is 87.8 cm³/mol. The lowest BCUT2D eigenvalue weighted by atomic mass is 10.1. The van der Waals surface area contributed by atoms with Crippen molar-refractivity contribution in [2.75, 3.05) is 18.9 Å². The van der Waals surface area contributed by atoms with Crippen molar-refractivity contribution in [1.82, 2.24) is 5.32 Å². The highest BCUT2D eigenvalue weighted by atomic mass is 16.1. The molecule has 2 aromatic rings. The maximum Gasteiger partial charge on any atom is 0.251 e. The molecule has 3 nitrogen and oxygen atoms in total. The molecule has 2 N–H and O–H groups in total. The van der Waals surface area contributed by atoms with Crippen molar-refractivity contribution in [2.45, 2.75) is 19.8 Å². The molecule has 0 fully saturated rings. The predicted octanol–water partition coefficient (Wildman–Crippen LogP) is 3.40. The monoisotopic (exact) mass is 282 g/mol. The van der Waals surface area contributed by atoms with Crippen molar-refractivity contribution >= 4 is 11.6 Å². The van der Waals surface area contributed by atoms with Crippen LogP contribution in [0, 0.1) is 6.92 Å². The number of rotatable bonds is 6. The molecule has 0 unspecified atom stereocenters. The molecule has 0 aliphatic rings. The molecule has 0 atom stereocenters. The first-order valence-corrected chi connectivity index (χ1v) is 7.31. The summed E-state index contributed by atoms with van der Waals surface area (Å²) in [4.78, 5) is 11.7. The fourth-order valence-corrected chi connectivity index (χ4v) is 2.26. The van der Waals surface area contributed by atoms with Crippen molar-refractivity contribution < 1.29 is 4.79 Å². The summed E-state index contributed by atoms with van der Waals surface area (Å²) in [5.41, 5.74) is 4.23. The molecule has 0 aliphatic carbocycles. The maximum atomic E-state index is 11.7. The van der Waals surface area contributed by atoms with E-state index in [1.165, 1.54) is 5.56 Å². The van der Waals surface area contributed by atoms with E-state index in [1.807, 2.05) is 31.2 Å². The lowest BCUT2D eigenvalue weighted by Crippen LogP contribution is -2.18. The van der Waals surface area contributed by atoms with Crippen LogP contribution in [0.1, 0.15) is 27.9 Å². The summed E-state index contributed by atoms with van der Waals surface area (Å²) >= 11 is 0. The van der Waals surface area contributed by atoms with E-state index >= 15 is 0 Å². The minimum absolute atomic E-state index is 0.0534. The van der Waals surface area contributed by atoms with Crippen LogP contribution in [0.4, 0.5) is 5.69 Å². The van der Waals surface area contributed by atoms with E-state index in [9.17, 15) is 4.79 Å². The summed E-state index contributed by atoms with van der Waals surface area (Å²) < 4.78 is 0. The van der Waals surface area contributed by atoms with Crippen LogP contribution in [-0.4, -0.2) is 19.5 Å². The standard InChI is InChI=1S/C18H22N2O/c1-14-10-11-16(18(21)19-2)13-17(14)20-12-6-9-15-7-4-3-5-8-15/h3-5,7-8,10-11,13,20H,6,9,12H2,1-2H3,(H,19,21). The van der Waals surface area contributed by atoms with Crippen molar-refractivity contribution in [1.29, 1.82) is 0 Å². The van der Waals surface area contributed by atoms with Crippen LogP contribution in [0.5, 0.6) is 0 Å². The summed E-state index contributed by atoms with van der Waals surface area (Å²) in [5, 5.41) is 6.07. The third-order valence-corrected chi connectivity index (χ3v) is 3.53. The fourth-order valence-electron chi connectivity index (χ4n) is 2.26. The Balaban J connectivity index is 1.89. The fraction of sp³-hybridized carbons (Fsp3) is 0.278. The molecule has 21 heavy (non-hydrogen) atoms. The third kappa shape index (κ3) is 4.35. The van der Waals surface area contributed by atoms with E-state index in [0.29, 0.717) is 5.56 Å². The molecule has 2 rings (SSSR count). The Hall–Kier alpha value is -2.29. The smallest absolute Gasteiger partial charge is 0.251 e. The Kier molecular flexibility index (Phi) is 5.38. The summed E-state index contributed by atoms with van der Waals surface area (Å²) in [7, 11) is 1.65. The van der Waals surface area contributed by atoms with Crippen LogP contribution in [-0.2, 0) is 6.42 Å². The van der Waals surface area contributed by atoms with E-state index in [0.717, 1.165) is 30.6 Å². The first-order valence-electron chi connectivity index (χ1n) is 7.31. The van der Waals surface area contributed by atoms with Gasteiger partial charge in [-0.15, -0.1) is 0 Å². The van der Waals surface area contributed by atoms with Crippen LogP contribution in [0.15, 0.2) is 48.5 Å². The quantitative estimate of drug-likeness (QED) is 0.797. The minimum atomic E-state index is -0.0534. The molecule has 0 aromatic heterocycles. The molecule has 0 aliphatic heterocycles. The number of hydrogen-bond donors (Lipinski definition) is 2. The minimum Gasteiger partial charge on any atom is -0.385 e. The maximum absolute atomic E-state index is 11.7. The highest BCUT2D eigenvalue weighted by Crippen LogP contribution is 2.17. The van der Waals surface area contributed by atoms with Gasteiger partial charge in [-0.3, -0.25) is 4.79 Å². The molecular formula is C18H22N2O. The Labute approximate surface area is 126 Å². The molecule has 0 bridgehead atoms. The zero-order valence-corrected chi connectivity index (χ0v) is 12.6. The van der Waals surface area contributed by atoms with Crippen molar-refractivity contribution in [3.05, 3.63) is 65.2 Å². The SMILES string of the molecule is CNC(=O)c1ccc(C)c(NCCCc2ccccc2)c1. The molecule has 0 spiro atoms.